The first-order valence-corrected chi connectivity index (χ1v) is 6.36. The Balaban J connectivity index is 2.26. The Bertz CT molecular complexity index is 370. The molecule has 0 aromatic carbocycles. The minimum absolute atomic E-state index is 1.11. The highest BCUT2D eigenvalue weighted by Crippen LogP contribution is 2.09. The zero-order valence-corrected chi connectivity index (χ0v) is 11.2. The molecule has 1 nitrogen and oxygen atoms in total. The second-order valence-electron chi connectivity index (χ2n) is 4.76. The van der Waals surface area contributed by atoms with Crippen molar-refractivity contribution >= 4 is 0 Å². The zero-order valence-electron chi connectivity index (χ0n) is 11.2. The molecule has 1 heteroatoms. The van der Waals surface area contributed by atoms with Crippen LogP contribution in [0.15, 0.2) is 47.8 Å². The fourth-order valence-electron chi connectivity index (χ4n) is 1.73. The van der Waals surface area contributed by atoms with E-state index in [9.17, 15) is 0 Å². The number of pyridine rings is 1. The van der Waals surface area contributed by atoms with Gasteiger partial charge in [0.25, 0.3) is 0 Å². The van der Waals surface area contributed by atoms with Gasteiger partial charge in [-0.15, -0.1) is 0 Å². The molecule has 1 heterocycles. The minimum Gasteiger partial charge on any atom is -0.265 e. The summed E-state index contributed by atoms with van der Waals surface area (Å²) in [5, 5.41) is 0. The summed E-state index contributed by atoms with van der Waals surface area (Å²) in [5.41, 5.74) is 4.28. The van der Waals surface area contributed by atoms with Crippen LogP contribution in [0.2, 0.25) is 0 Å². The van der Waals surface area contributed by atoms with Crippen molar-refractivity contribution in [1.29, 1.82) is 0 Å². The van der Waals surface area contributed by atoms with Crippen molar-refractivity contribution in [3.8, 4) is 0 Å². The van der Waals surface area contributed by atoms with Gasteiger partial charge in [0.05, 0.1) is 0 Å². The van der Waals surface area contributed by atoms with Gasteiger partial charge in [0.2, 0.25) is 0 Å². The van der Waals surface area contributed by atoms with Gasteiger partial charge in [0, 0.05) is 12.4 Å². The highest BCUT2D eigenvalue weighted by Gasteiger charge is 1.92. The number of nitrogens with zero attached hydrogens (tertiary/aromatic N) is 1. The van der Waals surface area contributed by atoms with E-state index >= 15 is 0 Å². The molecule has 1 aromatic rings. The van der Waals surface area contributed by atoms with Crippen LogP contribution in [0.3, 0.4) is 0 Å². The van der Waals surface area contributed by atoms with E-state index in [0.717, 1.165) is 12.8 Å². The van der Waals surface area contributed by atoms with Gasteiger partial charge in [-0.3, -0.25) is 4.98 Å². The second kappa shape index (κ2) is 7.83. The first-order chi connectivity index (χ1) is 8.18. The zero-order chi connectivity index (χ0) is 12.5. The van der Waals surface area contributed by atoms with Crippen molar-refractivity contribution < 1.29 is 0 Å². The largest absolute Gasteiger partial charge is 0.265 e. The lowest BCUT2D eigenvalue weighted by molar-refractivity contribution is 0.924. The standard InChI is InChI=1S/C16H23N/c1-14(2)6-4-7-15(3)8-5-9-16-10-12-17-13-11-16/h6,8,10-13H,4-5,7,9H2,1-3H3/b15-8-. The average Bonchev–Trinajstić information content (AvgIpc) is 2.30. The van der Waals surface area contributed by atoms with E-state index in [4.69, 9.17) is 0 Å². The summed E-state index contributed by atoms with van der Waals surface area (Å²) in [6, 6.07) is 4.18. The quantitative estimate of drug-likeness (QED) is 0.644. The molecule has 0 aliphatic carbocycles. The monoisotopic (exact) mass is 229 g/mol. The van der Waals surface area contributed by atoms with Crippen LogP contribution in [0.5, 0.6) is 0 Å². The molecule has 0 saturated heterocycles. The molecule has 0 aliphatic heterocycles. The van der Waals surface area contributed by atoms with E-state index in [1.165, 1.54) is 29.6 Å². The molecule has 1 rings (SSSR count). The Morgan fingerprint density at radius 1 is 1.06 bits per heavy atom. The van der Waals surface area contributed by atoms with E-state index in [0.29, 0.717) is 0 Å². The van der Waals surface area contributed by atoms with E-state index in [1.54, 1.807) is 0 Å². The summed E-state index contributed by atoms with van der Waals surface area (Å²) >= 11 is 0. The Labute approximate surface area is 105 Å². The molecule has 0 unspecified atom stereocenters. The highest BCUT2D eigenvalue weighted by molar-refractivity contribution is 5.11. The number of rotatable bonds is 6. The van der Waals surface area contributed by atoms with Crippen LogP contribution >= 0.6 is 0 Å². The summed E-state index contributed by atoms with van der Waals surface area (Å²) in [7, 11) is 0. The lowest BCUT2D eigenvalue weighted by atomic mass is 10.1. The predicted octanol–water partition coefficient (Wildman–Crippen LogP) is 4.71. The molecular formula is C16H23N. The van der Waals surface area contributed by atoms with Crippen LogP contribution in [0, 0.1) is 0 Å². The molecular weight excluding hydrogens is 206 g/mol. The van der Waals surface area contributed by atoms with Gasteiger partial charge in [-0.2, -0.15) is 0 Å². The number of allylic oxidation sites excluding steroid dienone is 4. The van der Waals surface area contributed by atoms with Gasteiger partial charge < -0.3 is 0 Å². The van der Waals surface area contributed by atoms with E-state index < -0.39 is 0 Å². The van der Waals surface area contributed by atoms with Gasteiger partial charge in [-0.1, -0.05) is 23.3 Å². The van der Waals surface area contributed by atoms with Gasteiger partial charge in [0.15, 0.2) is 0 Å². The normalized spacial score (nSPS) is 11.4. The summed E-state index contributed by atoms with van der Waals surface area (Å²) in [5.74, 6) is 0. The topological polar surface area (TPSA) is 12.9 Å². The highest BCUT2D eigenvalue weighted by atomic mass is 14.6. The molecule has 0 fully saturated rings. The SMILES string of the molecule is CC(C)=CCC/C(C)=C\CCc1ccncc1. The maximum Gasteiger partial charge on any atom is 0.0270 e. The van der Waals surface area contributed by atoms with Gasteiger partial charge in [-0.25, -0.2) is 0 Å². The van der Waals surface area contributed by atoms with Crippen LogP contribution in [-0.4, -0.2) is 4.98 Å². The van der Waals surface area contributed by atoms with Crippen molar-refractivity contribution in [2.45, 2.75) is 46.5 Å². The third kappa shape index (κ3) is 6.72. The molecule has 0 amide bonds. The Morgan fingerprint density at radius 2 is 1.76 bits per heavy atom. The van der Waals surface area contributed by atoms with E-state index in [-0.39, 0.29) is 0 Å². The van der Waals surface area contributed by atoms with Crippen LogP contribution in [0.4, 0.5) is 0 Å². The van der Waals surface area contributed by atoms with E-state index in [1.807, 2.05) is 12.4 Å². The molecule has 0 bridgehead atoms. The molecule has 0 radical (unpaired) electrons. The van der Waals surface area contributed by atoms with E-state index in [2.05, 4.69) is 50.0 Å². The van der Waals surface area contributed by atoms with Gasteiger partial charge in [0.1, 0.15) is 0 Å². The summed E-state index contributed by atoms with van der Waals surface area (Å²) < 4.78 is 0. The third-order valence-corrected chi connectivity index (χ3v) is 2.77. The van der Waals surface area contributed by atoms with Crippen molar-refractivity contribution in [3.05, 3.63) is 53.4 Å². The summed E-state index contributed by atoms with van der Waals surface area (Å²) in [4.78, 5) is 4.02. The average molecular weight is 229 g/mol. The fourth-order valence-corrected chi connectivity index (χ4v) is 1.73. The first-order valence-electron chi connectivity index (χ1n) is 6.36. The Hall–Kier alpha value is -1.37. The number of aromatic nitrogens is 1. The second-order valence-corrected chi connectivity index (χ2v) is 4.76. The number of hydrogen-bond donors (Lipinski definition) is 0. The Kier molecular flexibility index (Phi) is 6.31. The van der Waals surface area contributed by atoms with Crippen molar-refractivity contribution in [3.63, 3.8) is 0 Å². The predicted molar refractivity (Wildman–Crippen MR) is 75.0 cm³/mol. The molecule has 0 N–H and O–H groups in total. The smallest absolute Gasteiger partial charge is 0.0270 e. The first kappa shape index (κ1) is 13.7. The van der Waals surface area contributed by atoms with Gasteiger partial charge in [-0.05, 0) is 64.2 Å². The van der Waals surface area contributed by atoms with Crippen LogP contribution in [0.1, 0.15) is 45.6 Å². The van der Waals surface area contributed by atoms with Crippen molar-refractivity contribution in [2.75, 3.05) is 0 Å². The number of hydrogen-bond acceptors (Lipinski definition) is 1. The van der Waals surface area contributed by atoms with Crippen LogP contribution in [0.25, 0.3) is 0 Å². The summed E-state index contributed by atoms with van der Waals surface area (Å²) in [6.45, 7) is 6.54. The molecule has 0 saturated carbocycles. The molecule has 0 spiro atoms. The number of aryl methyl sites for hydroxylation is 1. The van der Waals surface area contributed by atoms with Gasteiger partial charge >= 0.3 is 0 Å². The molecule has 17 heavy (non-hydrogen) atoms. The van der Waals surface area contributed by atoms with Crippen LogP contribution in [-0.2, 0) is 6.42 Å². The molecule has 92 valence electrons. The molecule has 1 aromatic heterocycles. The van der Waals surface area contributed by atoms with Crippen LogP contribution < -0.4 is 0 Å². The fraction of sp³-hybridized carbons (Fsp3) is 0.438. The lowest BCUT2D eigenvalue weighted by Gasteiger charge is -2.00. The molecule has 0 aliphatic rings. The van der Waals surface area contributed by atoms with Crippen molar-refractivity contribution in [2.24, 2.45) is 0 Å². The summed E-state index contributed by atoms with van der Waals surface area (Å²) in [6.07, 6.45) is 13.0. The van der Waals surface area contributed by atoms with Crippen molar-refractivity contribution in [1.82, 2.24) is 4.98 Å². The Morgan fingerprint density at radius 3 is 2.41 bits per heavy atom. The maximum absolute atomic E-state index is 4.02. The maximum atomic E-state index is 4.02. The molecule has 0 atom stereocenters. The lowest BCUT2D eigenvalue weighted by Crippen LogP contribution is -1.84. The third-order valence-electron chi connectivity index (χ3n) is 2.77. The minimum atomic E-state index is 1.11.